The molecule has 3 aliphatic carbocycles. The molecule has 0 radical (unpaired) electrons. The Morgan fingerprint density at radius 2 is 1.38 bits per heavy atom. The van der Waals surface area contributed by atoms with Gasteiger partial charge in [-0.1, -0.05) is 69.4 Å². The minimum atomic E-state index is 0.736. The van der Waals surface area contributed by atoms with Gasteiger partial charge in [0.05, 0.1) is 6.61 Å². The molecule has 1 nitrogen and oxygen atoms in total. The summed E-state index contributed by atoms with van der Waals surface area (Å²) in [5.41, 5.74) is 1.37. The third-order valence-corrected chi connectivity index (χ3v) is 9.44. The third-order valence-electron chi connectivity index (χ3n) is 9.44. The minimum absolute atomic E-state index is 0.736. The van der Waals surface area contributed by atoms with Crippen molar-refractivity contribution in [2.45, 2.75) is 103 Å². The summed E-state index contributed by atoms with van der Waals surface area (Å²) in [4.78, 5) is 0. The molecule has 0 N–H and O–H groups in total. The summed E-state index contributed by atoms with van der Waals surface area (Å²) in [6, 6.07) is 8.70. The average Bonchev–Trinajstić information content (AvgIpc) is 2.91. The summed E-state index contributed by atoms with van der Waals surface area (Å²) in [5, 5.41) is 0. The summed E-state index contributed by atoms with van der Waals surface area (Å²) in [7, 11) is 0. The van der Waals surface area contributed by atoms with Gasteiger partial charge in [0, 0.05) is 0 Å². The highest BCUT2D eigenvalue weighted by molar-refractivity contribution is 5.27. The van der Waals surface area contributed by atoms with Gasteiger partial charge in [0.15, 0.2) is 0 Å². The van der Waals surface area contributed by atoms with E-state index in [2.05, 4.69) is 49.9 Å². The summed E-state index contributed by atoms with van der Waals surface area (Å²) < 4.78 is 6.16. The second-order valence-corrected chi connectivity index (χ2v) is 11.8. The van der Waals surface area contributed by atoms with Gasteiger partial charge in [-0.25, -0.2) is 0 Å². The Kier molecular flexibility index (Phi) is 10.2. The van der Waals surface area contributed by atoms with Crippen molar-refractivity contribution in [3.05, 3.63) is 54.6 Å². The predicted octanol–water partition coefficient (Wildman–Crippen LogP) is 9.57. The van der Waals surface area contributed by atoms with Gasteiger partial charge in [-0.15, -0.1) is 6.58 Å². The van der Waals surface area contributed by atoms with E-state index in [0.29, 0.717) is 0 Å². The topological polar surface area (TPSA) is 9.23 Å². The molecular weight excluding hydrogens is 412 g/mol. The van der Waals surface area contributed by atoms with Gasteiger partial charge < -0.3 is 4.74 Å². The van der Waals surface area contributed by atoms with Crippen LogP contribution in [0.15, 0.2) is 49.1 Å². The lowest BCUT2D eigenvalue weighted by Gasteiger charge is -2.38. The molecule has 0 amide bonds. The van der Waals surface area contributed by atoms with Crippen LogP contribution in [0, 0.1) is 35.5 Å². The van der Waals surface area contributed by atoms with E-state index in [1.165, 1.54) is 89.0 Å². The standard InChI is InChI=1S/C33H50O/c1-3-5-7-26-9-15-29(16-10-26)31-19-21-32(22-20-31)30-17-11-28(12-18-30)25-34-33-23-13-27(14-24-33)8-6-4-2/h4,13-14,19,21,23-24,26,28-32H,2-3,5-12,15-18,20,22,25H2,1H3. The molecule has 3 aliphatic rings. The number of allylic oxidation sites excluding steroid dienone is 3. The molecule has 4 rings (SSSR count). The summed E-state index contributed by atoms with van der Waals surface area (Å²) in [6.45, 7) is 7.04. The first-order chi connectivity index (χ1) is 16.7. The van der Waals surface area contributed by atoms with Crippen molar-refractivity contribution in [1.82, 2.24) is 0 Å². The largest absolute Gasteiger partial charge is 0.493 e. The van der Waals surface area contributed by atoms with Crippen LogP contribution in [0.5, 0.6) is 5.75 Å². The lowest BCUT2D eigenvalue weighted by atomic mass is 9.68. The Labute approximate surface area is 210 Å². The maximum Gasteiger partial charge on any atom is 0.119 e. The number of ether oxygens (including phenoxy) is 1. The van der Waals surface area contributed by atoms with Gasteiger partial charge in [0.1, 0.15) is 5.75 Å². The van der Waals surface area contributed by atoms with Gasteiger partial charge in [-0.3, -0.25) is 0 Å². The van der Waals surface area contributed by atoms with E-state index in [9.17, 15) is 0 Å². The van der Waals surface area contributed by atoms with Crippen molar-refractivity contribution in [2.24, 2.45) is 35.5 Å². The summed E-state index contributed by atoms with van der Waals surface area (Å²) in [5.74, 6) is 6.45. The highest BCUT2D eigenvalue weighted by atomic mass is 16.5. The molecule has 1 aromatic carbocycles. The van der Waals surface area contributed by atoms with Crippen LogP contribution in [0.3, 0.4) is 0 Å². The van der Waals surface area contributed by atoms with Crippen LogP contribution in [0.1, 0.15) is 102 Å². The van der Waals surface area contributed by atoms with Crippen LogP contribution in [0.25, 0.3) is 0 Å². The van der Waals surface area contributed by atoms with Gasteiger partial charge in [0.2, 0.25) is 0 Å². The smallest absolute Gasteiger partial charge is 0.119 e. The van der Waals surface area contributed by atoms with Crippen molar-refractivity contribution in [2.75, 3.05) is 6.61 Å². The summed E-state index contributed by atoms with van der Waals surface area (Å²) >= 11 is 0. The van der Waals surface area contributed by atoms with E-state index < -0.39 is 0 Å². The van der Waals surface area contributed by atoms with Crippen molar-refractivity contribution in [3.8, 4) is 5.75 Å². The molecule has 0 saturated heterocycles. The molecule has 0 aromatic heterocycles. The van der Waals surface area contributed by atoms with Crippen molar-refractivity contribution < 1.29 is 4.74 Å². The number of hydrogen-bond donors (Lipinski definition) is 0. The van der Waals surface area contributed by atoms with E-state index in [1.807, 2.05) is 6.08 Å². The van der Waals surface area contributed by atoms with Crippen LogP contribution >= 0.6 is 0 Å². The molecule has 0 heterocycles. The fourth-order valence-corrected chi connectivity index (χ4v) is 7.06. The Morgan fingerprint density at radius 3 is 1.91 bits per heavy atom. The first-order valence-corrected chi connectivity index (χ1v) is 14.8. The number of unbranched alkanes of at least 4 members (excludes halogenated alkanes) is 1. The lowest BCUT2D eigenvalue weighted by Crippen LogP contribution is -2.28. The third kappa shape index (κ3) is 7.50. The van der Waals surface area contributed by atoms with E-state index in [-0.39, 0.29) is 0 Å². The van der Waals surface area contributed by atoms with Crippen molar-refractivity contribution in [3.63, 3.8) is 0 Å². The molecule has 2 atom stereocenters. The molecule has 0 spiro atoms. The van der Waals surface area contributed by atoms with Gasteiger partial charge in [0.25, 0.3) is 0 Å². The fourth-order valence-electron chi connectivity index (χ4n) is 7.06. The van der Waals surface area contributed by atoms with E-state index in [4.69, 9.17) is 4.74 Å². The SMILES string of the molecule is C=CCCc1ccc(OCC2CCC(C3C=CC(C4CCC(CCCC)CC4)CC3)CC2)cc1. The van der Waals surface area contributed by atoms with Crippen LogP contribution < -0.4 is 4.74 Å². The van der Waals surface area contributed by atoms with Crippen molar-refractivity contribution in [1.29, 1.82) is 0 Å². The van der Waals surface area contributed by atoms with Crippen LogP contribution in [-0.4, -0.2) is 6.61 Å². The molecule has 34 heavy (non-hydrogen) atoms. The van der Waals surface area contributed by atoms with E-state index in [0.717, 1.165) is 60.7 Å². The molecule has 2 saturated carbocycles. The highest BCUT2D eigenvalue weighted by Crippen LogP contribution is 2.43. The quantitative estimate of drug-likeness (QED) is 0.297. The molecule has 0 bridgehead atoms. The Balaban J connectivity index is 1.14. The monoisotopic (exact) mass is 462 g/mol. The van der Waals surface area contributed by atoms with Crippen LogP contribution in [-0.2, 0) is 6.42 Å². The van der Waals surface area contributed by atoms with Gasteiger partial charge in [-0.05, 0) is 117 Å². The zero-order valence-electron chi connectivity index (χ0n) is 21.9. The first kappa shape index (κ1) is 25.6. The molecule has 2 unspecified atom stereocenters. The van der Waals surface area contributed by atoms with E-state index in [1.54, 1.807) is 0 Å². The zero-order chi connectivity index (χ0) is 23.6. The molecule has 188 valence electrons. The second-order valence-electron chi connectivity index (χ2n) is 11.8. The maximum absolute atomic E-state index is 6.16. The molecular formula is C33H50O. The number of hydrogen-bond acceptors (Lipinski definition) is 1. The first-order valence-electron chi connectivity index (χ1n) is 14.8. The molecule has 2 fully saturated rings. The number of benzene rings is 1. The van der Waals surface area contributed by atoms with Crippen molar-refractivity contribution >= 4 is 0 Å². The number of rotatable bonds is 11. The molecule has 1 aromatic rings. The number of aryl methyl sites for hydroxylation is 1. The van der Waals surface area contributed by atoms with Gasteiger partial charge >= 0.3 is 0 Å². The highest BCUT2D eigenvalue weighted by Gasteiger charge is 2.32. The second kappa shape index (κ2) is 13.6. The zero-order valence-corrected chi connectivity index (χ0v) is 21.9. The predicted molar refractivity (Wildman–Crippen MR) is 146 cm³/mol. The Hall–Kier alpha value is -1.50. The Bertz CT molecular complexity index is 730. The van der Waals surface area contributed by atoms with Crippen LogP contribution in [0.4, 0.5) is 0 Å². The van der Waals surface area contributed by atoms with E-state index >= 15 is 0 Å². The van der Waals surface area contributed by atoms with Crippen LogP contribution in [0.2, 0.25) is 0 Å². The Morgan fingerprint density at radius 1 is 0.794 bits per heavy atom. The maximum atomic E-state index is 6.16. The molecule has 1 heteroatoms. The molecule has 0 aliphatic heterocycles. The average molecular weight is 463 g/mol. The summed E-state index contributed by atoms with van der Waals surface area (Å²) in [6.07, 6.45) is 28.1. The lowest BCUT2D eigenvalue weighted by molar-refractivity contribution is 0.151. The van der Waals surface area contributed by atoms with Gasteiger partial charge in [-0.2, -0.15) is 0 Å². The normalized spacial score (nSPS) is 31.8. The minimum Gasteiger partial charge on any atom is -0.493 e. The fraction of sp³-hybridized carbons (Fsp3) is 0.697.